The summed E-state index contributed by atoms with van der Waals surface area (Å²) in [5.74, 6) is 0.0920. The molecule has 0 saturated carbocycles. The van der Waals surface area contributed by atoms with Crippen LogP contribution in [0.25, 0.3) is 11.1 Å². The third-order valence-electron chi connectivity index (χ3n) is 4.97. The lowest BCUT2D eigenvalue weighted by molar-refractivity contribution is -0.144. The molecule has 0 aliphatic heterocycles. The molecule has 0 unspecified atom stereocenters. The van der Waals surface area contributed by atoms with E-state index in [0.717, 1.165) is 24.0 Å². The molecule has 0 aromatic heterocycles. The normalized spacial score (nSPS) is 10.6. The number of carbonyl (C=O) groups is 2. The molecule has 4 heteroatoms. The van der Waals surface area contributed by atoms with E-state index in [-0.39, 0.29) is 11.9 Å². The van der Waals surface area contributed by atoms with Gasteiger partial charge in [0.15, 0.2) is 0 Å². The van der Waals surface area contributed by atoms with Gasteiger partial charge in [-0.2, -0.15) is 0 Å². The monoisotopic (exact) mass is 410 g/mol. The summed E-state index contributed by atoms with van der Waals surface area (Å²) in [4.78, 5) is 23.7. The smallest absolute Gasteiger partial charge is 0.311 e. The summed E-state index contributed by atoms with van der Waals surface area (Å²) in [7, 11) is 0. The molecule has 0 N–H and O–H groups in total. The minimum Gasteiger partial charge on any atom is -0.466 e. The molecule has 0 amide bonds. The first kappa shape index (κ1) is 23.7. The fourth-order valence-electron chi connectivity index (χ4n) is 3.21. The van der Waals surface area contributed by atoms with E-state index >= 15 is 0 Å². The highest BCUT2D eigenvalue weighted by molar-refractivity contribution is 5.73. The minimum absolute atomic E-state index is 0.173. The summed E-state index contributed by atoms with van der Waals surface area (Å²) in [6.07, 6.45) is 8.95. The van der Waals surface area contributed by atoms with Gasteiger partial charge in [-0.3, -0.25) is 9.59 Å². The Hall–Kier alpha value is -2.62. The van der Waals surface area contributed by atoms with Gasteiger partial charge in [-0.25, -0.2) is 0 Å². The molecular weight excluding hydrogens is 376 g/mol. The maximum Gasteiger partial charge on any atom is 0.311 e. The molecule has 0 aliphatic rings. The van der Waals surface area contributed by atoms with Crippen molar-refractivity contribution < 1.29 is 19.1 Å². The number of hydrogen-bond donors (Lipinski definition) is 0. The van der Waals surface area contributed by atoms with Crippen LogP contribution in [-0.2, 0) is 14.3 Å². The van der Waals surface area contributed by atoms with E-state index in [2.05, 4.69) is 6.92 Å². The largest absolute Gasteiger partial charge is 0.466 e. The quantitative estimate of drug-likeness (QED) is 0.197. The number of carbonyl (C=O) groups excluding carboxylic acids is 2. The molecule has 0 bridgehead atoms. The van der Waals surface area contributed by atoms with E-state index in [1.54, 1.807) is 12.1 Å². The van der Waals surface area contributed by atoms with E-state index in [9.17, 15) is 9.59 Å². The third-order valence-corrected chi connectivity index (χ3v) is 4.97. The van der Waals surface area contributed by atoms with E-state index in [4.69, 9.17) is 9.47 Å². The van der Waals surface area contributed by atoms with Crippen LogP contribution < -0.4 is 4.74 Å². The molecule has 0 radical (unpaired) electrons. The Kier molecular flexibility index (Phi) is 11.3. The van der Waals surface area contributed by atoms with E-state index < -0.39 is 0 Å². The number of rotatable bonds is 14. The van der Waals surface area contributed by atoms with Crippen molar-refractivity contribution in [2.75, 3.05) is 6.61 Å². The molecular formula is C26H34O4. The molecule has 0 spiro atoms. The zero-order chi connectivity index (χ0) is 21.4. The summed E-state index contributed by atoms with van der Waals surface area (Å²) in [5.41, 5.74) is 2.20. The fraction of sp³-hybridized carbons (Fsp3) is 0.462. The highest BCUT2D eigenvalue weighted by atomic mass is 16.5. The van der Waals surface area contributed by atoms with E-state index in [1.807, 2.05) is 42.5 Å². The standard InChI is InChI=1S/C26H34O4/c1-2-3-4-5-6-12-21-29-25(27)15-10-11-16-26(28)30-24-19-17-23(18-20-24)22-13-8-7-9-14-22/h7-9,13-14,17-20H,2-6,10-12,15-16,21H2,1H3. The lowest BCUT2D eigenvalue weighted by atomic mass is 10.1. The lowest BCUT2D eigenvalue weighted by Crippen LogP contribution is -2.09. The second-order valence-corrected chi connectivity index (χ2v) is 7.56. The van der Waals surface area contributed by atoms with Gasteiger partial charge in [0.1, 0.15) is 5.75 Å². The maximum absolute atomic E-state index is 12.0. The van der Waals surface area contributed by atoms with Crippen LogP contribution >= 0.6 is 0 Å². The van der Waals surface area contributed by atoms with Crippen molar-refractivity contribution in [1.29, 1.82) is 0 Å². The van der Waals surface area contributed by atoms with Gasteiger partial charge in [0.2, 0.25) is 0 Å². The van der Waals surface area contributed by atoms with Crippen molar-refractivity contribution in [1.82, 2.24) is 0 Å². The van der Waals surface area contributed by atoms with Crippen LogP contribution in [0.1, 0.15) is 71.1 Å². The van der Waals surface area contributed by atoms with Crippen LogP contribution in [0.3, 0.4) is 0 Å². The van der Waals surface area contributed by atoms with Gasteiger partial charge < -0.3 is 9.47 Å². The van der Waals surface area contributed by atoms with Crippen LogP contribution in [-0.4, -0.2) is 18.5 Å². The predicted octanol–water partition coefficient (Wildman–Crippen LogP) is 6.72. The van der Waals surface area contributed by atoms with Crippen molar-refractivity contribution in [2.45, 2.75) is 71.1 Å². The molecule has 162 valence electrons. The van der Waals surface area contributed by atoms with E-state index in [1.165, 1.54) is 25.7 Å². The Labute approximate surface area is 180 Å². The second kappa shape index (κ2) is 14.4. The Morgan fingerprint density at radius 2 is 1.27 bits per heavy atom. The van der Waals surface area contributed by atoms with Crippen LogP contribution in [0.5, 0.6) is 5.75 Å². The molecule has 0 saturated heterocycles. The second-order valence-electron chi connectivity index (χ2n) is 7.56. The van der Waals surface area contributed by atoms with Gasteiger partial charge in [-0.15, -0.1) is 0 Å². The van der Waals surface area contributed by atoms with Crippen molar-refractivity contribution in [3.8, 4) is 16.9 Å². The molecule has 30 heavy (non-hydrogen) atoms. The topological polar surface area (TPSA) is 52.6 Å². The molecule has 0 fully saturated rings. The maximum atomic E-state index is 12.0. The van der Waals surface area contributed by atoms with Crippen LogP contribution in [0.4, 0.5) is 0 Å². The average Bonchev–Trinajstić information content (AvgIpc) is 2.77. The Morgan fingerprint density at radius 3 is 1.97 bits per heavy atom. The summed E-state index contributed by atoms with van der Waals surface area (Å²) in [6.45, 7) is 2.71. The third kappa shape index (κ3) is 9.73. The van der Waals surface area contributed by atoms with Gasteiger partial charge in [0.25, 0.3) is 0 Å². The molecule has 2 aromatic carbocycles. The number of esters is 2. The molecule has 2 rings (SSSR count). The summed E-state index contributed by atoms with van der Waals surface area (Å²) in [6, 6.07) is 17.5. The summed E-state index contributed by atoms with van der Waals surface area (Å²) >= 11 is 0. The number of unbranched alkanes of at least 4 members (excludes halogenated alkanes) is 6. The van der Waals surface area contributed by atoms with Crippen LogP contribution in [0.2, 0.25) is 0 Å². The predicted molar refractivity (Wildman–Crippen MR) is 120 cm³/mol. The fourth-order valence-corrected chi connectivity index (χ4v) is 3.21. The van der Waals surface area contributed by atoms with Gasteiger partial charge in [-0.05, 0) is 42.5 Å². The summed E-state index contributed by atoms with van der Waals surface area (Å²) in [5, 5.41) is 0. The summed E-state index contributed by atoms with van der Waals surface area (Å²) < 4.78 is 10.6. The first-order valence-electron chi connectivity index (χ1n) is 11.2. The minimum atomic E-state index is -0.275. The SMILES string of the molecule is CCCCCCCCOC(=O)CCCCC(=O)Oc1ccc(-c2ccccc2)cc1. The van der Waals surface area contributed by atoms with Gasteiger partial charge in [0, 0.05) is 12.8 Å². The van der Waals surface area contributed by atoms with Crippen LogP contribution in [0.15, 0.2) is 54.6 Å². The molecule has 0 aliphatic carbocycles. The van der Waals surface area contributed by atoms with E-state index in [0.29, 0.717) is 38.0 Å². The molecule has 2 aromatic rings. The van der Waals surface area contributed by atoms with Crippen molar-refractivity contribution >= 4 is 11.9 Å². The van der Waals surface area contributed by atoms with Gasteiger partial charge >= 0.3 is 11.9 Å². The highest BCUT2D eigenvalue weighted by Gasteiger charge is 2.08. The average molecular weight is 411 g/mol. The Morgan fingerprint density at radius 1 is 0.667 bits per heavy atom. The van der Waals surface area contributed by atoms with Gasteiger partial charge in [0.05, 0.1) is 6.61 Å². The first-order valence-corrected chi connectivity index (χ1v) is 11.2. The van der Waals surface area contributed by atoms with Crippen LogP contribution in [0, 0.1) is 0 Å². The zero-order valence-corrected chi connectivity index (χ0v) is 18.1. The highest BCUT2D eigenvalue weighted by Crippen LogP contribution is 2.22. The Balaban J connectivity index is 1.54. The molecule has 4 nitrogen and oxygen atoms in total. The number of ether oxygens (including phenoxy) is 2. The van der Waals surface area contributed by atoms with Crippen molar-refractivity contribution in [3.63, 3.8) is 0 Å². The van der Waals surface area contributed by atoms with Crippen molar-refractivity contribution in [2.24, 2.45) is 0 Å². The number of benzene rings is 2. The van der Waals surface area contributed by atoms with Gasteiger partial charge in [-0.1, -0.05) is 81.5 Å². The Bertz CT molecular complexity index is 737. The molecule has 0 heterocycles. The first-order chi connectivity index (χ1) is 14.7. The number of hydrogen-bond acceptors (Lipinski definition) is 4. The lowest BCUT2D eigenvalue weighted by Gasteiger charge is -2.07. The van der Waals surface area contributed by atoms with Crippen molar-refractivity contribution in [3.05, 3.63) is 54.6 Å². The zero-order valence-electron chi connectivity index (χ0n) is 18.1. The molecule has 0 atom stereocenters.